The summed E-state index contributed by atoms with van der Waals surface area (Å²) in [5.74, 6) is 0. The highest BCUT2D eigenvalue weighted by Gasteiger charge is 1.97. The van der Waals surface area contributed by atoms with E-state index in [2.05, 4.69) is 62.1 Å². The van der Waals surface area contributed by atoms with Gasteiger partial charge in [0.2, 0.25) is 0 Å². The van der Waals surface area contributed by atoms with E-state index < -0.39 is 0 Å². The Morgan fingerprint density at radius 2 is 1.58 bits per heavy atom. The summed E-state index contributed by atoms with van der Waals surface area (Å²) in [6, 6.07) is 8.35. The van der Waals surface area contributed by atoms with Crippen molar-refractivity contribution in [1.82, 2.24) is 0 Å². The molecule has 2 heterocycles. The fourth-order valence-electron chi connectivity index (χ4n) is 1.87. The lowest BCUT2D eigenvalue weighted by atomic mass is 10.3. The van der Waals surface area contributed by atoms with E-state index in [1.807, 2.05) is 23.9 Å². The standard InChI is InChI=1S/C10H16N.C7H10N/c1-3-4-7-11-8-5-6-10(2)9-11;1-7-4-3-5-8(2)6-7/h5-6,8-9H,3-4,7H2,1-2H3;3-6H,1-2H3/q2*+1. The van der Waals surface area contributed by atoms with Crippen LogP contribution in [0.25, 0.3) is 0 Å². The Morgan fingerprint density at radius 1 is 0.947 bits per heavy atom. The Morgan fingerprint density at radius 3 is 2.05 bits per heavy atom. The molecule has 0 bridgehead atoms. The Kier molecular flexibility index (Phi) is 6.80. The minimum atomic E-state index is 1.15. The first-order valence-electron chi connectivity index (χ1n) is 6.99. The van der Waals surface area contributed by atoms with E-state index in [-0.39, 0.29) is 0 Å². The maximum atomic E-state index is 2.25. The van der Waals surface area contributed by atoms with Gasteiger partial charge in [0.25, 0.3) is 0 Å². The van der Waals surface area contributed by atoms with Crippen LogP contribution in [-0.2, 0) is 13.6 Å². The fourth-order valence-corrected chi connectivity index (χ4v) is 1.87. The van der Waals surface area contributed by atoms with Crippen LogP contribution in [0.2, 0.25) is 0 Å². The third-order valence-corrected chi connectivity index (χ3v) is 2.86. The number of aromatic nitrogens is 2. The number of aryl methyl sites for hydroxylation is 4. The monoisotopic (exact) mass is 258 g/mol. The van der Waals surface area contributed by atoms with Crippen LogP contribution in [0.5, 0.6) is 0 Å². The number of nitrogens with zero attached hydrogens (tertiary/aromatic N) is 2. The molecule has 2 aromatic rings. The molecule has 102 valence electrons. The Bertz CT molecular complexity index is 475. The van der Waals surface area contributed by atoms with Crippen molar-refractivity contribution in [2.75, 3.05) is 0 Å². The molecule has 0 saturated carbocycles. The predicted molar refractivity (Wildman–Crippen MR) is 78.6 cm³/mol. The molecular weight excluding hydrogens is 232 g/mol. The Labute approximate surface area is 117 Å². The molecule has 0 fully saturated rings. The maximum Gasteiger partial charge on any atom is 0.171 e. The Balaban J connectivity index is 0.000000200. The van der Waals surface area contributed by atoms with E-state index >= 15 is 0 Å². The van der Waals surface area contributed by atoms with Crippen LogP contribution in [0, 0.1) is 13.8 Å². The van der Waals surface area contributed by atoms with E-state index in [0.29, 0.717) is 0 Å². The third kappa shape index (κ3) is 6.70. The molecule has 0 saturated heterocycles. The van der Waals surface area contributed by atoms with Gasteiger partial charge in [0.15, 0.2) is 24.8 Å². The highest BCUT2D eigenvalue weighted by Crippen LogP contribution is 1.91. The van der Waals surface area contributed by atoms with Gasteiger partial charge in [0, 0.05) is 29.7 Å². The molecule has 0 unspecified atom stereocenters. The smallest absolute Gasteiger partial charge is 0.171 e. The van der Waals surface area contributed by atoms with Gasteiger partial charge in [-0.2, -0.15) is 0 Å². The second kappa shape index (κ2) is 8.41. The van der Waals surface area contributed by atoms with Crippen LogP contribution in [0.15, 0.2) is 49.1 Å². The van der Waals surface area contributed by atoms with Crippen molar-refractivity contribution in [3.63, 3.8) is 0 Å². The summed E-state index contributed by atoms with van der Waals surface area (Å²) in [6.45, 7) is 7.58. The molecule has 0 atom stereocenters. The molecule has 0 aromatic carbocycles. The van der Waals surface area contributed by atoms with Gasteiger partial charge in [0.05, 0.1) is 0 Å². The zero-order chi connectivity index (χ0) is 14.1. The molecule has 2 heteroatoms. The summed E-state index contributed by atoms with van der Waals surface area (Å²) in [4.78, 5) is 0. The largest absolute Gasteiger partial charge is 0.208 e. The van der Waals surface area contributed by atoms with Gasteiger partial charge in [-0.15, -0.1) is 0 Å². The van der Waals surface area contributed by atoms with E-state index in [9.17, 15) is 0 Å². The minimum Gasteiger partial charge on any atom is -0.208 e. The van der Waals surface area contributed by atoms with Crippen LogP contribution in [0.4, 0.5) is 0 Å². The second-order valence-electron chi connectivity index (χ2n) is 5.02. The SMILES string of the molecule is CCCC[n+]1cccc(C)c1.Cc1ccc[n+](C)c1. The first kappa shape index (κ1) is 15.4. The van der Waals surface area contributed by atoms with Gasteiger partial charge >= 0.3 is 0 Å². The molecule has 0 aliphatic heterocycles. The van der Waals surface area contributed by atoms with Crippen molar-refractivity contribution in [2.45, 2.75) is 40.2 Å². The summed E-state index contributed by atoms with van der Waals surface area (Å²) >= 11 is 0. The van der Waals surface area contributed by atoms with Gasteiger partial charge in [-0.3, -0.25) is 0 Å². The summed E-state index contributed by atoms with van der Waals surface area (Å²) in [6.07, 6.45) is 11.0. The van der Waals surface area contributed by atoms with Crippen molar-refractivity contribution in [2.24, 2.45) is 7.05 Å². The molecule has 2 nitrogen and oxygen atoms in total. The predicted octanol–water partition coefficient (Wildman–Crippen LogP) is 2.90. The summed E-state index contributed by atoms with van der Waals surface area (Å²) in [7, 11) is 2.02. The summed E-state index contributed by atoms with van der Waals surface area (Å²) in [5.41, 5.74) is 2.64. The topological polar surface area (TPSA) is 7.76 Å². The van der Waals surface area contributed by atoms with Crippen molar-refractivity contribution in [3.05, 3.63) is 60.2 Å². The average molecular weight is 258 g/mol. The lowest BCUT2D eigenvalue weighted by Crippen LogP contribution is -2.32. The Hall–Kier alpha value is -1.70. The van der Waals surface area contributed by atoms with Crippen molar-refractivity contribution < 1.29 is 9.13 Å². The number of hydrogen-bond donors (Lipinski definition) is 0. The molecule has 0 amide bonds. The van der Waals surface area contributed by atoms with E-state index in [0.717, 1.165) is 6.54 Å². The quantitative estimate of drug-likeness (QED) is 0.748. The molecule has 0 spiro atoms. The van der Waals surface area contributed by atoms with Gasteiger partial charge in [0.1, 0.15) is 13.6 Å². The average Bonchev–Trinajstić information content (AvgIpc) is 2.37. The van der Waals surface area contributed by atoms with Gasteiger partial charge < -0.3 is 0 Å². The highest BCUT2D eigenvalue weighted by molar-refractivity contribution is 5.01. The number of unbranched alkanes of at least 4 members (excludes halogenated alkanes) is 1. The van der Waals surface area contributed by atoms with Crippen LogP contribution >= 0.6 is 0 Å². The molecule has 0 aliphatic carbocycles. The fraction of sp³-hybridized carbons (Fsp3) is 0.412. The highest BCUT2D eigenvalue weighted by atomic mass is 14.9. The number of rotatable bonds is 3. The van der Waals surface area contributed by atoms with Crippen LogP contribution in [0.3, 0.4) is 0 Å². The third-order valence-electron chi connectivity index (χ3n) is 2.86. The van der Waals surface area contributed by atoms with Crippen molar-refractivity contribution >= 4 is 0 Å². The number of pyridine rings is 2. The zero-order valence-electron chi connectivity index (χ0n) is 12.6. The number of hydrogen-bond acceptors (Lipinski definition) is 0. The second-order valence-corrected chi connectivity index (χ2v) is 5.02. The first-order chi connectivity index (χ1) is 9.11. The summed E-state index contributed by atoms with van der Waals surface area (Å²) < 4.78 is 4.29. The molecule has 19 heavy (non-hydrogen) atoms. The summed E-state index contributed by atoms with van der Waals surface area (Å²) in [5, 5.41) is 0. The lowest BCUT2D eigenvalue weighted by molar-refractivity contribution is -0.697. The van der Waals surface area contributed by atoms with Crippen molar-refractivity contribution in [1.29, 1.82) is 0 Å². The molecule has 0 aliphatic rings. The van der Waals surface area contributed by atoms with E-state index in [1.54, 1.807) is 0 Å². The van der Waals surface area contributed by atoms with Crippen LogP contribution in [0.1, 0.15) is 30.9 Å². The van der Waals surface area contributed by atoms with Gasteiger partial charge in [-0.1, -0.05) is 13.3 Å². The molecule has 0 radical (unpaired) electrons. The van der Waals surface area contributed by atoms with Crippen molar-refractivity contribution in [3.8, 4) is 0 Å². The zero-order valence-corrected chi connectivity index (χ0v) is 12.6. The molecule has 0 N–H and O–H groups in total. The minimum absolute atomic E-state index is 1.15. The molecular formula is C17H26N2+2. The van der Waals surface area contributed by atoms with E-state index in [1.165, 1.54) is 24.0 Å². The lowest BCUT2D eigenvalue weighted by Gasteiger charge is -1.94. The molecule has 2 rings (SSSR count). The normalized spacial score (nSPS) is 9.68. The van der Waals surface area contributed by atoms with Gasteiger partial charge in [-0.05, 0) is 26.0 Å². The van der Waals surface area contributed by atoms with Crippen LogP contribution < -0.4 is 9.13 Å². The maximum absolute atomic E-state index is 2.25. The van der Waals surface area contributed by atoms with Crippen LogP contribution in [-0.4, -0.2) is 0 Å². The van der Waals surface area contributed by atoms with Gasteiger partial charge in [-0.25, -0.2) is 9.13 Å². The first-order valence-corrected chi connectivity index (χ1v) is 6.99. The molecule has 2 aromatic heterocycles. The van der Waals surface area contributed by atoms with E-state index in [4.69, 9.17) is 0 Å².